The molecule has 0 amide bonds. The second kappa shape index (κ2) is 4.30. The molecule has 1 fully saturated rings. The van der Waals surface area contributed by atoms with Crippen molar-refractivity contribution < 1.29 is 0 Å². The van der Waals surface area contributed by atoms with Crippen LogP contribution in [0.15, 0.2) is 30.6 Å². The Hall–Kier alpha value is -1.68. The summed E-state index contributed by atoms with van der Waals surface area (Å²) >= 11 is 0. The molecule has 1 N–H and O–H groups in total. The summed E-state index contributed by atoms with van der Waals surface area (Å²) in [7, 11) is 0. The van der Waals surface area contributed by atoms with Crippen molar-refractivity contribution in [2.75, 3.05) is 13.1 Å². The van der Waals surface area contributed by atoms with Gasteiger partial charge >= 0.3 is 0 Å². The Bertz CT molecular complexity index is 494. The number of benzene rings is 1. The Balaban J connectivity index is 1.97. The minimum atomic E-state index is 0.485. The van der Waals surface area contributed by atoms with Crippen molar-refractivity contribution >= 4 is 0 Å². The van der Waals surface area contributed by atoms with E-state index in [9.17, 15) is 0 Å². The van der Waals surface area contributed by atoms with E-state index in [1.807, 2.05) is 4.68 Å². The third kappa shape index (κ3) is 1.96. The lowest BCUT2D eigenvalue weighted by atomic mass is 10.1. The van der Waals surface area contributed by atoms with Gasteiger partial charge in [-0.05, 0) is 32.0 Å². The van der Waals surface area contributed by atoms with Gasteiger partial charge < -0.3 is 5.32 Å². The molecule has 0 radical (unpaired) electrons. The summed E-state index contributed by atoms with van der Waals surface area (Å²) in [5.74, 6) is 1.55. The highest BCUT2D eigenvalue weighted by molar-refractivity contribution is 5.34. The number of nitrogens with one attached hydrogen (secondary N) is 1. The first-order valence-corrected chi connectivity index (χ1v) is 6.02. The van der Waals surface area contributed by atoms with Gasteiger partial charge in [-0.2, -0.15) is 5.10 Å². The number of aryl methyl sites for hydroxylation is 1. The summed E-state index contributed by atoms with van der Waals surface area (Å²) < 4.78 is 1.96. The van der Waals surface area contributed by atoms with E-state index in [0.29, 0.717) is 5.92 Å². The van der Waals surface area contributed by atoms with Crippen LogP contribution in [0.4, 0.5) is 0 Å². The van der Waals surface area contributed by atoms with Crippen LogP contribution in [0.1, 0.15) is 23.7 Å². The van der Waals surface area contributed by atoms with Gasteiger partial charge in [0.05, 0.1) is 5.69 Å². The topological polar surface area (TPSA) is 42.7 Å². The lowest BCUT2D eigenvalue weighted by molar-refractivity contribution is 0.663. The molecule has 1 aliphatic heterocycles. The van der Waals surface area contributed by atoms with Crippen LogP contribution in [-0.2, 0) is 0 Å². The van der Waals surface area contributed by atoms with Gasteiger partial charge in [0.1, 0.15) is 12.2 Å². The predicted molar refractivity (Wildman–Crippen MR) is 66.3 cm³/mol. The zero-order chi connectivity index (χ0) is 11.7. The molecule has 17 heavy (non-hydrogen) atoms. The van der Waals surface area contributed by atoms with E-state index in [1.54, 1.807) is 6.33 Å². The molecule has 1 aromatic heterocycles. The molecule has 0 saturated carbocycles. The molecule has 88 valence electrons. The lowest BCUT2D eigenvalue weighted by Gasteiger charge is -2.10. The van der Waals surface area contributed by atoms with Gasteiger partial charge in [0.2, 0.25) is 0 Å². The highest BCUT2D eigenvalue weighted by Gasteiger charge is 2.22. The van der Waals surface area contributed by atoms with Crippen molar-refractivity contribution in [3.05, 3.63) is 42.0 Å². The Kier molecular flexibility index (Phi) is 2.65. The van der Waals surface area contributed by atoms with Crippen molar-refractivity contribution in [2.24, 2.45) is 0 Å². The van der Waals surface area contributed by atoms with E-state index in [4.69, 9.17) is 0 Å². The summed E-state index contributed by atoms with van der Waals surface area (Å²) in [6.07, 6.45) is 2.79. The molecule has 1 saturated heterocycles. The second-order valence-electron chi connectivity index (χ2n) is 4.56. The van der Waals surface area contributed by atoms with E-state index in [0.717, 1.165) is 31.0 Å². The number of hydrogen-bond donors (Lipinski definition) is 1. The minimum Gasteiger partial charge on any atom is -0.316 e. The first kappa shape index (κ1) is 10.5. The SMILES string of the molecule is Cc1ccc(-n2ncnc2C2CCNC2)cc1. The van der Waals surface area contributed by atoms with Crippen LogP contribution in [0.5, 0.6) is 0 Å². The highest BCUT2D eigenvalue weighted by atomic mass is 15.3. The van der Waals surface area contributed by atoms with Crippen LogP contribution in [0.25, 0.3) is 5.69 Å². The zero-order valence-electron chi connectivity index (χ0n) is 9.93. The van der Waals surface area contributed by atoms with E-state index in [2.05, 4.69) is 46.6 Å². The fourth-order valence-electron chi connectivity index (χ4n) is 2.29. The molecule has 0 aliphatic carbocycles. The van der Waals surface area contributed by atoms with Crippen LogP contribution in [0.2, 0.25) is 0 Å². The molecule has 3 rings (SSSR count). The maximum Gasteiger partial charge on any atom is 0.138 e. The molecular weight excluding hydrogens is 212 g/mol. The molecule has 1 aromatic carbocycles. The molecule has 1 unspecified atom stereocenters. The monoisotopic (exact) mass is 228 g/mol. The van der Waals surface area contributed by atoms with E-state index in [-0.39, 0.29) is 0 Å². The smallest absolute Gasteiger partial charge is 0.138 e. The molecule has 2 heterocycles. The van der Waals surface area contributed by atoms with Gasteiger partial charge in [-0.25, -0.2) is 9.67 Å². The van der Waals surface area contributed by atoms with Gasteiger partial charge in [-0.15, -0.1) is 0 Å². The van der Waals surface area contributed by atoms with Gasteiger partial charge in [-0.1, -0.05) is 17.7 Å². The first-order valence-electron chi connectivity index (χ1n) is 6.02. The lowest BCUT2D eigenvalue weighted by Crippen LogP contribution is -2.12. The van der Waals surface area contributed by atoms with Crippen LogP contribution in [-0.4, -0.2) is 27.9 Å². The standard InChI is InChI=1S/C13H16N4/c1-10-2-4-12(5-3-10)17-13(15-9-16-17)11-6-7-14-8-11/h2-5,9,11,14H,6-8H2,1H3. The Morgan fingerprint density at radius 3 is 2.82 bits per heavy atom. The molecule has 4 heteroatoms. The van der Waals surface area contributed by atoms with Gasteiger partial charge in [0, 0.05) is 12.5 Å². The average Bonchev–Trinajstić information content (AvgIpc) is 3.00. The first-order chi connectivity index (χ1) is 8.34. The van der Waals surface area contributed by atoms with E-state index >= 15 is 0 Å². The number of rotatable bonds is 2. The molecule has 1 aliphatic rings. The maximum atomic E-state index is 4.41. The summed E-state index contributed by atoms with van der Waals surface area (Å²) in [5.41, 5.74) is 2.35. The maximum absolute atomic E-state index is 4.41. The third-order valence-electron chi connectivity index (χ3n) is 3.28. The summed E-state index contributed by atoms with van der Waals surface area (Å²) in [6.45, 7) is 4.17. The van der Waals surface area contributed by atoms with E-state index < -0.39 is 0 Å². The van der Waals surface area contributed by atoms with Gasteiger partial charge in [0.15, 0.2) is 0 Å². The molecular formula is C13H16N4. The molecule has 0 bridgehead atoms. The largest absolute Gasteiger partial charge is 0.316 e. The van der Waals surface area contributed by atoms with Crippen molar-refractivity contribution in [1.29, 1.82) is 0 Å². The Morgan fingerprint density at radius 1 is 1.29 bits per heavy atom. The zero-order valence-corrected chi connectivity index (χ0v) is 9.93. The van der Waals surface area contributed by atoms with Crippen LogP contribution in [0, 0.1) is 6.92 Å². The second-order valence-corrected chi connectivity index (χ2v) is 4.56. The quantitative estimate of drug-likeness (QED) is 0.850. The van der Waals surface area contributed by atoms with Crippen LogP contribution < -0.4 is 5.32 Å². The number of hydrogen-bond acceptors (Lipinski definition) is 3. The highest BCUT2D eigenvalue weighted by Crippen LogP contribution is 2.22. The van der Waals surface area contributed by atoms with Crippen molar-refractivity contribution in [1.82, 2.24) is 20.1 Å². The Labute approximate surface area is 101 Å². The summed E-state index contributed by atoms with van der Waals surface area (Å²) in [4.78, 5) is 4.41. The summed E-state index contributed by atoms with van der Waals surface area (Å²) in [6, 6.07) is 8.40. The molecule has 0 spiro atoms. The van der Waals surface area contributed by atoms with Gasteiger partial charge in [-0.3, -0.25) is 0 Å². The predicted octanol–water partition coefficient (Wildman–Crippen LogP) is 1.65. The van der Waals surface area contributed by atoms with Gasteiger partial charge in [0.25, 0.3) is 0 Å². The number of aromatic nitrogens is 3. The molecule has 1 atom stereocenters. The molecule has 4 nitrogen and oxygen atoms in total. The van der Waals surface area contributed by atoms with E-state index in [1.165, 1.54) is 5.56 Å². The Morgan fingerprint density at radius 2 is 2.12 bits per heavy atom. The van der Waals surface area contributed by atoms with Crippen molar-refractivity contribution in [3.63, 3.8) is 0 Å². The third-order valence-corrected chi connectivity index (χ3v) is 3.28. The average molecular weight is 228 g/mol. The van der Waals surface area contributed by atoms with Crippen LogP contribution >= 0.6 is 0 Å². The fourth-order valence-corrected chi connectivity index (χ4v) is 2.29. The van der Waals surface area contributed by atoms with Crippen LogP contribution in [0.3, 0.4) is 0 Å². The fraction of sp³-hybridized carbons (Fsp3) is 0.385. The molecule has 2 aromatic rings. The van der Waals surface area contributed by atoms with Crippen molar-refractivity contribution in [3.8, 4) is 5.69 Å². The number of nitrogens with zero attached hydrogens (tertiary/aromatic N) is 3. The van der Waals surface area contributed by atoms with Crippen molar-refractivity contribution in [2.45, 2.75) is 19.3 Å². The minimum absolute atomic E-state index is 0.485. The normalized spacial score (nSPS) is 19.7. The summed E-state index contributed by atoms with van der Waals surface area (Å²) in [5, 5.41) is 7.71.